The zero-order chi connectivity index (χ0) is 20.8. The van der Waals surface area contributed by atoms with Gasteiger partial charge in [0.15, 0.2) is 0 Å². The average molecular weight is 459 g/mol. The monoisotopic (exact) mass is 458 g/mol. The predicted octanol–water partition coefficient (Wildman–Crippen LogP) is 4.61. The Morgan fingerprint density at radius 2 is 1.83 bits per heavy atom. The molecule has 0 bridgehead atoms. The maximum atomic E-state index is 12.7. The lowest BCUT2D eigenvalue weighted by molar-refractivity contribution is -0.139. The van der Waals surface area contributed by atoms with E-state index in [0.717, 1.165) is 10.0 Å². The second-order valence-electron chi connectivity index (χ2n) is 6.45. The number of halogens is 1. The highest BCUT2D eigenvalue weighted by molar-refractivity contribution is 9.10. The minimum absolute atomic E-state index is 0.252. The van der Waals surface area contributed by atoms with E-state index in [1.54, 1.807) is 6.92 Å². The minimum atomic E-state index is -0.654. The Bertz CT molecular complexity index is 925. The molecule has 152 valence electrons. The molecule has 1 heterocycles. The molecule has 7 heteroatoms. The number of para-hydroxylation sites is 1. The highest BCUT2D eigenvalue weighted by Gasteiger charge is 2.34. The summed E-state index contributed by atoms with van der Waals surface area (Å²) in [6, 6.07) is 14.2. The molecule has 0 spiro atoms. The van der Waals surface area contributed by atoms with Gasteiger partial charge >= 0.3 is 12.0 Å². The van der Waals surface area contributed by atoms with Crippen LogP contribution in [-0.2, 0) is 16.1 Å². The van der Waals surface area contributed by atoms with Crippen LogP contribution in [0.2, 0.25) is 0 Å². The summed E-state index contributed by atoms with van der Waals surface area (Å²) in [6.07, 6.45) is 0.500. The summed E-state index contributed by atoms with van der Waals surface area (Å²) in [5.74, 6) is 0.143. The number of esters is 1. The fourth-order valence-corrected chi connectivity index (χ4v) is 3.44. The van der Waals surface area contributed by atoms with Crippen LogP contribution in [0.1, 0.15) is 37.4 Å². The largest absolute Gasteiger partial charge is 0.489 e. The SMILES string of the molecule is CCOC(=O)C1=C(CC)NC(=O)NC1c1ccccc1OCc1ccc(Br)cc1. The molecule has 6 nitrogen and oxygen atoms in total. The molecule has 2 amide bonds. The highest BCUT2D eigenvalue weighted by Crippen LogP contribution is 2.34. The molecule has 0 radical (unpaired) electrons. The number of amides is 2. The van der Waals surface area contributed by atoms with Crippen molar-refractivity contribution < 1.29 is 19.1 Å². The van der Waals surface area contributed by atoms with Crippen LogP contribution >= 0.6 is 15.9 Å². The van der Waals surface area contributed by atoms with Gasteiger partial charge in [-0.15, -0.1) is 0 Å². The first kappa shape index (κ1) is 20.9. The molecular formula is C22H23BrN2O4. The summed E-state index contributed by atoms with van der Waals surface area (Å²) in [7, 11) is 0. The van der Waals surface area contributed by atoms with Crippen LogP contribution in [0.25, 0.3) is 0 Å². The molecule has 2 aromatic carbocycles. The van der Waals surface area contributed by atoms with Gasteiger partial charge in [0.2, 0.25) is 0 Å². The standard InChI is InChI=1S/C22H23BrN2O4/c1-3-17-19(21(26)28-4-2)20(25-22(27)24-17)16-7-5-6-8-18(16)29-13-14-9-11-15(23)12-10-14/h5-12,20H,3-4,13H2,1-2H3,(H2,24,25,27). The first-order chi connectivity index (χ1) is 14.0. The number of hydrogen-bond donors (Lipinski definition) is 2. The van der Waals surface area contributed by atoms with Gasteiger partial charge in [-0.2, -0.15) is 0 Å². The van der Waals surface area contributed by atoms with Gasteiger partial charge < -0.3 is 20.1 Å². The van der Waals surface area contributed by atoms with E-state index in [1.165, 1.54) is 0 Å². The maximum Gasteiger partial charge on any atom is 0.338 e. The van der Waals surface area contributed by atoms with Crippen LogP contribution in [-0.4, -0.2) is 18.6 Å². The van der Waals surface area contributed by atoms with E-state index in [0.29, 0.717) is 35.6 Å². The van der Waals surface area contributed by atoms with Gasteiger partial charge in [-0.05, 0) is 37.1 Å². The second kappa shape index (κ2) is 9.60. The Morgan fingerprint density at radius 1 is 1.10 bits per heavy atom. The zero-order valence-electron chi connectivity index (χ0n) is 16.3. The molecule has 1 aliphatic rings. The third kappa shape index (κ3) is 4.98. The van der Waals surface area contributed by atoms with Crippen LogP contribution in [0.5, 0.6) is 5.75 Å². The van der Waals surface area contributed by atoms with Crippen molar-refractivity contribution in [3.05, 3.63) is 75.4 Å². The van der Waals surface area contributed by atoms with E-state index in [1.807, 2.05) is 55.5 Å². The number of benzene rings is 2. The van der Waals surface area contributed by atoms with Gasteiger partial charge in [0.1, 0.15) is 12.4 Å². The summed E-state index contributed by atoms with van der Waals surface area (Å²) >= 11 is 3.42. The van der Waals surface area contributed by atoms with Crippen molar-refractivity contribution in [3.8, 4) is 5.75 Å². The summed E-state index contributed by atoms with van der Waals surface area (Å²) < 4.78 is 12.3. The van der Waals surface area contributed by atoms with Crippen molar-refractivity contribution in [2.45, 2.75) is 32.9 Å². The van der Waals surface area contributed by atoms with Crippen molar-refractivity contribution >= 4 is 27.9 Å². The molecule has 0 fully saturated rings. The lowest BCUT2D eigenvalue weighted by Gasteiger charge is -2.30. The highest BCUT2D eigenvalue weighted by atomic mass is 79.9. The van der Waals surface area contributed by atoms with Gasteiger partial charge in [0.25, 0.3) is 0 Å². The number of allylic oxidation sites excluding steroid dienone is 1. The fourth-order valence-electron chi connectivity index (χ4n) is 3.17. The number of rotatable bonds is 7. The van der Waals surface area contributed by atoms with Gasteiger partial charge in [0, 0.05) is 15.7 Å². The summed E-state index contributed by atoms with van der Waals surface area (Å²) in [4.78, 5) is 24.9. The van der Waals surface area contributed by atoms with Gasteiger partial charge in [0.05, 0.1) is 18.2 Å². The number of nitrogens with one attached hydrogen (secondary N) is 2. The summed E-state index contributed by atoms with van der Waals surface area (Å²) in [6.45, 7) is 4.25. The Balaban J connectivity index is 1.94. The third-order valence-corrected chi connectivity index (χ3v) is 5.07. The Labute approximate surface area is 178 Å². The molecule has 2 aromatic rings. The van der Waals surface area contributed by atoms with Gasteiger partial charge in [-0.3, -0.25) is 0 Å². The third-order valence-electron chi connectivity index (χ3n) is 4.54. The molecule has 29 heavy (non-hydrogen) atoms. The van der Waals surface area contributed by atoms with E-state index in [2.05, 4.69) is 26.6 Å². The fraction of sp³-hybridized carbons (Fsp3) is 0.273. The van der Waals surface area contributed by atoms with Gasteiger partial charge in [-0.25, -0.2) is 9.59 Å². The van der Waals surface area contributed by atoms with Crippen LogP contribution < -0.4 is 15.4 Å². The smallest absolute Gasteiger partial charge is 0.338 e. The Hall–Kier alpha value is -2.80. The Morgan fingerprint density at radius 3 is 2.52 bits per heavy atom. The number of urea groups is 1. The first-order valence-electron chi connectivity index (χ1n) is 9.47. The molecule has 0 saturated carbocycles. The van der Waals surface area contributed by atoms with Crippen molar-refractivity contribution in [1.82, 2.24) is 10.6 Å². The van der Waals surface area contributed by atoms with E-state index in [-0.39, 0.29) is 12.6 Å². The predicted molar refractivity (Wildman–Crippen MR) is 113 cm³/mol. The summed E-state index contributed by atoms with van der Waals surface area (Å²) in [5.41, 5.74) is 2.66. The molecule has 0 aromatic heterocycles. The molecular weight excluding hydrogens is 436 g/mol. The minimum Gasteiger partial charge on any atom is -0.489 e. The normalized spacial score (nSPS) is 16.1. The van der Waals surface area contributed by atoms with E-state index >= 15 is 0 Å². The molecule has 0 saturated heterocycles. The quantitative estimate of drug-likeness (QED) is 0.593. The molecule has 2 N–H and O–H groups in total. The molecule has 3 rings (SSSR count). The molecule has 0 aliphatic carbocycles. The van der Waals surface area contributed by atoms with E-state index < -0.39 is 12.0 Å². The average Bonchev–Trinajstić information content (AvgIpc) is 2.73. The van der Waals surface area contributed by atoms with Crippen molar-refractivity contribution in [3.63, 3.8) is 0 Å². The van der Waals surface area contributed by atoms with Crippen LogP contribution in [0.4, 0.5) is 4.79 Å². The molecule has 1 unspecified atom stereocenters. The van der Waals surface area contributed by atoms with E-state index in [9.17, 15) is 9.59 Å². The maximum absolute atomic E-state index is 12.7. The van der Waals surface area contributed by atoms with Crippen LogP contribution in [0.3, 0.4) is 0 Å². The van der Waals surface area contributed by atoms with Crippen molar-refractivity contribution in [1.29, 1.82) is 0 Å². The second-order valence-corrected chi connectivity index (χ2v) is 7.37. The molecule has 1 aliphatic heterocycles. The van der Waals surface area contributed by atoms with Crippen molar-refractivity contribution in [2.24, 2.45) is 0 Å². The number of carbonyl (C=O) groups is 2. The summed E-state index contributed by atoms with van der Waals surface area (Å²) in [5, 5.41) is 5.56. The topological polar surface area (TPSA) is 76.7 Å². The number of carbonyl (C=O) groups excluding carboxylic acids is 2. The Kier molecular flexibility index (Phi) is 6.93. The molecule has 1 atom stereocenters. The van der Waals surface area contributed by atoms with E-state index in [4.69, 9.17) is 9.47 Å². The first-order valence-corrected chi connectivity index (χ1v) is 10.3. The number of ether oxygens (including phenoxy) is 2. The number of hydrogen-bond acceptors (Lipinski definition) is 4. The van der Waals surface area contributed by atoms with Crippen LogP contribution in [0.15, 0.2) is 64.3 Å². The van der Waals surface area contributed by atoms with Crippen molar-refractivity contribution in [2.75, 3.05) is 6.61 Å². The lowest BCUT2D eigenvalue weighted by atomic mass is 9.93. The van der Waals surface area contributed by atoms with Crippen LogP contribution in [0, 0.1) is 0 Å². The lowest BCUT2D eigenvalue weighted by Crippen LogP contribution is -2.46. The van der Waals surface area contributed by atoms with Gasteiger partial charge in [-0.1, -0.05) is 53.2 Å². The zero-order valence-corrected chi connectivity index (χ0v) is 17.9.